The summed E-state index contributed by atoms with van der Waals surface area (Å²) in [4.78, 5) is 12.2. The zero-order chi connectivity index (χ0) is 14.0. The Morgan fingerprint density at radius 1 is 1.42 bits per heavy atom. The van der Waals surface area contributed by atoms with Crippen molar-refractivity contribution >= 4 is 21.8 Å². The Morgan fingerprint density at radius 2 is 2.16 bits per heavy atom. The number of hydrogen-bond acceptors (Lipinski definition) is 3. The largest absolute Gasteiger partial charge is 0.361 e. The SMILES string of the molecule is Cc1noc(C)c1C(=O)N[C@@H](C)c1cccc(Br)c1. The maximum Gasteiger partial charge on any atom is 0.257 e. The van der Waals surface area contributed by atoms with Gasteiger partial charge in [-0.1, -0.05) is 33.2 Å². The van der Waals surface area contributed by atoms with Crippen LogP contribution in [0.2, 0.25) is 0 Å². The number of hydrogen-bond donors (Lipinski definition) is 1. The molecule has 5 heteroatoms. The first-order valence-electron chi connectivity index (χ1n) is 5.98. The van der Waals surface area contributed by atoms with Crippen molar-refractivity contribution in [3.05, 3.63) is 51.3 Å². The second kappa shape index (κ2) is 5.57. The van der Waals surface area contributed by atoms with Crippen LogP contribution in [0.4, 0.5) is 0 Å². The highest BCUT2D eigenvalue weighted by molar-refractivity contribution is 9.10. The first-order chi connectivity index (χ1) is 8.99. The third-order valence-electron chi connectivity index (χ3n) is 2.96. The number of amides is 1. The Kier molecular flexibility index (Phi) is 4.04. The zero-order valence-corrected chi connectivity index (χ0v) is 12.6. The van der Waals surface area contributed by atoms with E-state index in [0.29, 0.717) is 17.0 Å². The Hall–Kier alpha value is -1.62. The lowest BCUT2D eigenvalue weighted by molar-refractivity contribution is 0.0938. The molecule has 100 valence electrons. The van der Waals surface area contributed by atoms with Gasteiger partial charge in [-0.15, -0.1) is 0 Å². The van der Waals surface area contributed by atoms with Gasteiger partial charge in [0.1, 0.15) is 11.3 Å². The molecule has 0 saturated carbocycles. The predicted molar refractivity (Wildman–Crippen MR) is 76.0 cm³/mol. The quantitative estimate of drug-likeness (QED) is 0.940. The topological polar surface area (TPSA) is 55.1 Å². The number of aromatic nitrogens is 1. The predicted octanol–water partition coefficient (Wildman–Crippen LogP) is 3.54. The van der Waals surface area contributed by atoms with Crippen LogP contribution in [0.5, 0.6) is 0 Å². The van der Waals surface area contributed by atoms with Crippen LogP contribution in [-0.4, -0.2) is 11.1 Å². The monoisotopic (exact) mass is 322 g/mol. The van der Waals surface area contributed by atoms with Gasteiger partial charge in [0.2, 0.25) is 0 Å². The molecule has 19 heavy (non-hydrogen) atoms. The lowest BCUT2D eigenvalue weighted by atomic mass is 10.1. The van der Waals surface area contributed by atoms with Crippen molar-refractivity contribution in [2.24, 2.45) is 0 Å². The van der Waals surface area contributed by atoms with E-state index in [1.165, 1.54) is 0 Å². The fourth-order valence-electron chi connectivity index (χ4n) is 1.94. The van der Waals surface area contributed by atoms with E-state index in [0.717, 1.165) is 10.0 Å². The Morgan fingerprint density at radius 3 is 2.74 bits per heavy atom. The van der Waals surface area contributed by atoms with Crippen molar-refractivity contribution in [2.45, 2.75) is 26.8 Å². The molecular formula is C14H15BrN2O2. The normalized spacial score (nSPS) is 12.2. The third kappa shape index (κ3) is 3.04. The van der Waals surface area contributed by atoms with Gasteiger partial charge in [-0.25, -0.2) is 0 Å². The summed E-state index contributed by atoms with van der Waals surface area (Å²) in [5.41, 5.74) is 2.16. The molecule has 1 aromatic carbocycles. The van der Waals surface area contributed by atoms with E-state index in [4.69, 9.17) is 4.52 Å². The number of carbonyl (C=O) groups excluding carboxylic acids is 1. The minimum Gasteiger partial charge on any atom is -0.361 e. The zero-order valence-electron chi connectivity index (χ0n) is 11.0. The van der Waals surface area contributed by atoms with E-state index < -0.39 is 0 Å². The number of rotatable bonds is 3. The van der Waals surface area contributed by atoms with Crippen LogP contribution in [-0.2, 0) is 0 Å². The molecule has 4 nitrogen and oxygen atoms in total. The van der Waals surface area contributed by atoms with Gasteiger partial charge >= 0.3 is 0 Å². The van der Waals surface area contributed by atoms with Gasteiger partial charge in [-0.05, 0) is 38.5 Å². The maximum absolute atomic E-state index is 12.2. The summed E-state index contributed by atoms with van der Waals surface area (Å²) >= 11 is 3.42. The summed E-state index contributed by atoms with van der Waals surface area (Å²) in [6.45, 7) is 5.44. The standard InChI is InChI=1S/C14H15BrN2O2/c1-8(11-5-4-6-12(15)7-11)16-14(18)13-9(2)17-19-10(13)3/h4-8H,1-3H3,(H,16,18)/t8-/m0/s1. The molecule has 1 aromatic heterocycles. The molecule has 2 rings (SSSR count). The Balaban J connectivity index is 2.15. The van der Waals surface area contributed by atoms with Crippen LogP contribution in [0.25, 0.3) is 0 Å². The third-order valence-corrected chi connectivity index (χ3v) is 3.45. The van der Waals surface area contributed by atoms with E-state index >= 15 is 0 Å². The molecule has 0 fully saturated rings. The average molecular weight is 323 g/mol. The Bertz CT molecular complexity index is 588. The minimum atomic E-state index is -0.163. The first-order valence-corrected chi connectivity index (χ1v) is 6.77. The fraction of sp³-hybridized carbons (Fsp3) is 0.286. The van der Waals surface area contributed by atoms with Crippen LogP contribution in [0.3, 0.4) is 0 Å². The van der Waals surface area contributed by atoms with E-state index in [2.05, 4.69) is 26.4 Å². The van der Waals surface area contributed by atoms with Gasteiger partial charge in [0.05, 0.1) is 11.7 Å². The van der Waals surface area contributed by atoms with Gasteiger partial charge in [0.25, 0.3) is 5.91 Å². The number of halogens is 1. The molecule has 0 aliphatic heterocycles. The van der Waals surface area contributed by atoms with Crippen LogP contribution in [0.15, 0.2) is 33.3 Å². The maximum atomic E-state index is 12.2. The molecule has 0 radical (unpaired) electrons. The van der Waals surface area contributed by atoms with E-state index in [-0.39, 0.29) is 11.9 Å². The number of aryl methyl sites for hydroxylation is 2. The summed E-state index contributed by atoms with van der Waals surface area (Å²) in [5.74, 6) is 0.375. The lowest BCUT2D eigenvalue weighted by Crippen LogP contribution is -2.27. The van der Waals surface area contributed by atoms with Crippen LogP contribution in [0, 0.1) is 13.8 Å². The summed E-state index contributed by atoms with van der Waals surface area (Å²) in [5, 5.41) is 6.74. The summed E-state index contributed by atoms with van der Waals surface area (Å²) < 4.78 is 5.99. The molecule has 0 aliphatic rings. The van der Waals surface area contributed by atoms with Crippen LogP contribution >= 0.6 is 15.9 Å². The molecule has 1 amide bonds. The second-order valence-electron chi connectivity index (χ2n) is 4.45. The molecule has 0 spiro atoms. The molecule has 1 N–H and O–H groups in total. The molecule has 0 unspecified atom stereocenters. The van der Waals surface area contributed by atoms with E-state index in [1.807, 2.05) is 31.2 Å². The van der Waals surface area contributed by atoms with E-state index in [1.54, 1.807) is 13.8 Å². The van der Waals surface area contributed by atoms with Crippen LogP contribution < -0.4 is 5.32 Å². The minimum absolute atomic E-state index is 0.0845. The lowest BCUT2D eigenvalue weighted by Gasteiger charge is -2.14. The number of carbonyl (C=O) groups is 1. The molecule has 1 atom stereocenters. The van der Waals surface area contributed by atoms with Crippen molar-refractivity contribution in [1.29, 1.82) is 0 Å². The van der Waals surface area contributed by atoms with Gasteiger partial charge in [-0.3, -0.25) is 4.79 Å². The number of nitrogens with zero attached hydrogens (tertiary/aromatic N) is 1. The van der Waals surface area contributed by atoms with Gasteiger partial charge in [0.15, 0.2) is 0 Å². The van der Waals surface area contributed by atoms with Crippen molar-refractivity contribution in [2.75, 3.05) is 0 Å². The van der Waals surface area contributed by atoms with Crippen LogP contribution in [0.1, 0.15) is 40.3 Å². The summed E-state index contributed by atoms with van der Waals surface area (Å²) in [6, 6.07) is 7.77. The highest BCUT2D eigenvalue weighted by Gasteiger charge is 2.19. The molecule has 2 aromatic rings. The van der Waals surface area contributed by atoms with E-state index in [9.17, 15) is 4.79 Å². The van der Waals surface area contributed by atoms with Gasteiger partial charge < -0.3 is 9.84 Å². The highest BCUT2D eigenvalue weighted by Crippen LogP contribution is 2.19. The first kappa shape index (κ1) is 13.8. The summed E-state index contributed by atoms with van der Waals surface area (Å²) in [7, 11) is 0. The Labute approximate surface area is 120 Å². The average Bonchev–Trinajstić information content (AvgIpc) is 2.69. The number of nitrogens with one attached hydrogen (secondary N) is 1. The van der Waals surface area contributed by atoms with Gasteiger partial charge in [-0.2, -0.15) is 0 Å². The molecular weight excluding hydrogens is 308 g/mol. The molecule has 0 aliphatic carbocycles. The molecule has 0 bridgehead atoms. The smallest absolute Gasteiger partial charge is 0.257 e. The number of benzene rings is 1. The van der Waals surface area contributed by atoms with Crippen molar-refractivity contribution in [1.82, 2.24) is 10.5 Å². The molecule has 0 saturated heterocycles. The van der Waals surface area contributed by atoms with Crippen molar-refractivity contribution in [3.63, 3.8) is 0 Å². The van der Waals surface area contributed by atoms with Crippen molar-refractivity contribution in [3.8, 4) is 0 Å². The van der Waals surface area contributed by atoms with Crippen molar-refractivity contribution < 1.29 is 9.32 Å². The molecule has 1 heterocycles. The second-order valence-corrected chi connectivity index (χ2v) is 5.37. The van der Waals surface area contributed by atoms with Gasteiger partial charge in [0, 0.05) is 4.47 Å². The highest BCUT2D eigenvalue weighted by atomic mass is 79.9. The fourth-order valence-corrected chi connectivity index (χ4v) is 2.35. The summed E-state index contributed by atoms with van der Waals surface area (Å²) in [6.07, 6.45) is 0.